The van der Waals surface area contributed by atoms with Crippen LogP contribution in [-0.4, -0.2) is 29.7 Å². The molecule has 1 unspecified atom stereocenters. The largest absolute Gasteiger partial charge is 0.507 e. The van der Waals surface area contributed by atoms with Crippen LogP contribution >= 0.6 is 0 Å². The molecule has 0 bridgehead atoms. The van der Waals surface area contributed by atoms with Crippen molar-refractivity contribution < 1.29 is 19.4 Å². The average molecular weight is 438 g/mol. The van der Waals surface area contributed by atoms with Gasteiger partial charge in [-0.05, 0) is 47.5 Å². The van der Waals surface area contributed by atoms with E-state index < -0.39 is 5.92 Å². The molecule has 3 heterocycles. The number of anilines is 1. The fraction of sp³-hybridized carbons (Fsp3) is 0.185. The van der Waals surface area contributed by atoms with Crippen LogP contribution < -0.4 is 14.4 Å². The number of phenolic OH excluding ortho intramolecular Hbond substituents is 1. The van der Waals surface area contributed by atoms with Crippen LogP contribution in [0.2, 0.25) is 0 Å². The average Bonchev–Trinajstić information content (AvgIpc) is 3.41. The number of hydrogen-bond donors (Lipinski definition) is 1. The lowest BCUT2D eigenvalue weighted by atomic mass is 9.88. The molecule has 164 valence electrons. The molecular formula is C27H22N2O4. The topological polar surface area (TPSA) is 71.9 Å². The number of rotatable bonds is 4. The lowest BCUT2D eigenvalue weighted by Gasteiger charge is -2.19. The molecule has 6 rings (SSSR count). The number of aromatic hydroxyl groups is 1. The summed E-state index contributed by atoms with van der Waals surface area (Å²) in [4.78, 5) is 20.2. The summed E-state index contributed by atoms with van der Waals surface area (Å²) in [6, 6.07) is 19.1. The van der Waals surface area contributed by atoms with Crippen molar-refractivity contribution in [1.82, 2.24) is 4.98 Å². The smallest absolute Gasteiger partial charge is 0.239 e. The first kappa shape index (κ1) is 19.6. The summed E-state index contributed by atoms with van der Waals surface area (Å²) < 4.78 is 10.9. The zero-order valence-corrected chi connectivity index (χ0v) is 18.1. The van der Waals surface area contributed by atoms with Crippen molar-refractivity contribution in [3.63, 3.8) is 0 Å². The van der Waals surface area contributed by atoms with Gasteiger partial charge in [-0.3, -0.25) is 9.78 Å². The van der Waals surface area contributed by atoms with Crippen LogP contribution in [0.3, 0.4) is 0 Å². The second-order valence-electron chi connectivity index (χ2n) is 8.39. The summed E-state index contributed by atoms with van der Waals surface area (Å²) in [5.41, 5.74) is 5.17. The van der Waals surface area contributed by atoms with Crippen LogP contribution in [0.4, 0.5) is 5.69 Å². The van der Waals surface area contributed by atoms with Gasteiger partial charge in [-0.25, -0.2) is 0 Å². The van der Waals surface area contributed by atoms with Gasteiger partial charge in [-0.15, -0.1) is 0 Å². The number of aromatic nitrogens is 1. The molecule has 1 atom stereocenters. The van der Waals surface area contributed by atoms with Crippen molar-refractivity contribution in [2.24, 2.45) is 0 Å². The van der Waals surface area contributed by atoms with E-state index >= 15 is 0 Å². The highest BCUT2D eigenvalue weighted by Gasteiger charge is 2.41. The Kier molecular flexibility index (Phi) is 4.47. The summed E-state index contributed by atoms with van der Waals surface area (Å²) >= 11 is 0. The number of ether oxygens (including phenoxy) is 2. The Balaban J connectivity index is 1.51. The quantitative estimate of drug-likeness (QED) is 0.506. The van der Waals surface area contributed by atoms with Gasteiger partial charge in [0.15, 0.2) is 0 Å². The normalized spacial score (nSPS) is 16.6. The number of pyridine rings is 1. The first-order valence-corrected chi connectivity index (χ1v) is 10.9. The van der Waals surface area contributed by atoms with Crippen molar-refractivity contribution in [1.29, 1.82) is 0 Å². The Labute approximate surface area is 191 Å². The van der Waals surface area contributed by atoms with E-state index in [0.717, 1.165) is 45.5 Å². The Hall–Kier alpha value is -4.06. The third-order valence-corrected chi connectivity index (χ3v) is 6.55. The molecule has 6 heteroatoms. The van der Waals surface area contributed by atoms with E-state index in [1.54, 1.807) is 24.3 Å². The number of amides is 1. The van der Waals surface area contributed by atoms with E-state index in [1.807, 2.05) is 54.6 Å². The van der Waals surface area contributed by atoms with Crippen molar-refractivity contribution >= 4 is 22.5 Å². The summed E-state index contributed by atoms with van der Waals surface area (Å²) in [6.45, 7) is 1.01. The SMILES string of the molecule is COc1ccc(CN2C(=O)C(c3cc4c(cc3O)OCC4)c3c2ccc2ncccc32)cc1. The minimum Gasteiger partial charge on any atom is -0.507 e. The molecule has 0 spiro atoms. The zero-order chi connectivity index (χ0) is 22.5. The number of hydrogen-bond acceptors (Lipinski definition) is 5. The Morgan fingerprint density at radius 1 is 1.15 bits per heavy atom. The highest BCUT2D eigenvalue weighted by Crippen LogP contribution is 2.48. The van der Waals surface area contributed by atoms with Gasteiger partial charge in [-0.1, -0.05) is 18.2 Å². The van der Waals surface area contributed by atoms with Crippen LogP contribution in [0.15, 0.2) is 66.9 Å². The minimum absolute atomic E-state index is 0.0636. The van der Waals surface area contributed by atoms with Gasteiger partial charge in [0.25, 0.3) is 0 Å². The van der Waals surface area contributed by atoms with Gasteiger partial charge in [-0.2, -0.15) is 0 Å². The van der Waals surface area contributed by atoms with Gasteiger partial charge >= 0.3 is 0 Å². The third-order valence-electron chi connectivity index (χ3n) is 6.55. The van der Waals surface area contributed by atoms with E-state index in [0.29, 0.717) is 24.5 Å². The standard InChI is InChI=1S/C27H22N2O4/c1-32-18-6-4-16(5-7-18)15-29-22-9-8-21-19(3-2-11-28-21)25(22)26(27(29)31)20-13-17-10-12-33-24(17)14-23(20)30/h2-9,11,13-14,26,30H,10,12,15H2,1H3. The summed E-state index contributed by atoms with van der Waals surface area (Å²) in [6.07, 6.45) is 2.52. The second-order valence-corrected chi connectivity index (χ2v) is 8.39. The molecule has 0 radical (unpaired) electrons. The number of benzene rings is 3. The van der Waals surface area contributed by atoms with Gasteiger partial charge < -0.3 is 19.5 Å². The van der Waals surface area contributed by atoms with Crippen LogP contribution in [0.5, 0.6) is 17.2 Å². The van der Waals surface area contributed by atoms with Gasteiger partial charge in [0.1, 0.15) is 17.2 Å². The monoisotopic (exact) mass is 438 g/mol. The number of methoxy groups -OCH3 is 1. The maximum Gasteiger partial charge on any atom is 0.239 e. The third kappa shape index (κ3) is 3.09. The first-order chi connectivity index (χ1) is 16.1. The molecule has 6 nitrogen and oxygen atoms in total. The number of nitrogens with zero attached hydrogens (tertiary/aromatic N) is 2. The summed E-state index contributed by atoms with van der Waals surface area (Å²) in [5.74, 6) is 0.860. The van der Waals surface area contributed by atoms with Crippen molar-refractivity contribution in [3.8, 4) is 17.2 Å². The molecule has 0 saturated heterocycles. The Bertz CT molecular complexity index is 1400. The maximum atomic E-state index is 13.9. The first-order valence-electron chi connectivity index (χ1n) is 10.9. The van der Waals surface area contributed by atoms with Gasteiger partial charge in [0, 0.05) is 40.9 Å². The van der Waals surface area contributed by atoms with Crippen molar-refractivity contribution in [2.75, 3.05) is 18.6 Å². The molecule has 1 N–H and O–H groups in total. The van der Waals surface area contributed by atoms with E-state index in [1.165, 1.54) is 0 Å². The predicted octanol–water partition coefficient (Wildman–Crippen LogP) is 4.56. The highest BCUT2D eigenvalue weighted by atomic mass is 16.5. The predicted molar refractivity (Wildman–Crippen MR) is 125 cm³/mol. The number of carbonyl (C=O) groups is 1. The molecule has 2 aliphatic rings. The summed E-state index contributed by atoms with van der Waals surface area (Å²) in [5, 5.41) is 11.8. The van der Waals surface area contributed by atoms with E-state index in [9.17, 15) is 9.90 Å². The minimum atomic E-state index is -0.614. The molecule has 33 heavy (non-hydrogen) atoms. The van der Waals surface area contributed by atoms with Gasteiger partial charge in [0.2, 0.25) is 5.91 Å². The van der Waals surface area contributed by atoms with E-state index in [2.05, 4.69) is 4.98 Å². The fourth-order valence-electron chi connectivity index (χ4n) is 4.93. The molecular weight excluding hydrogens is 416 g/mol. The van der Waals surface area contributed by atoms with Crippen molar-refractivity contribution in [2.45, 2.75) is 18.9 Å². The zero-order valence-electron chi connectivity index (χ0n) is 18.1. The number of carbonyl (C=O) groups excluding carboxylic acids is 1. The Morgan fingerprint density at radius 3 is 2.82 bits per heavy atom. The molecule has 1 amide bonds. The second kappa shape index (κ2) is 7.52. The Morgan fingerprint density at radius 2 is 2.00 bits per heavy atom. The molecule has 3 aromatic carbocycles. The molecule has 4 aromatic rings. The summed E-state index contributed by atoms with van der Waals surface area (Å²) in [7, 11) is 1.63. The van der Waals surface area contributed by atoms with Crippen LogP contribution in [0.1, 0.15) is 28.2 Å². The fourth-order valence-corrected chi connectivity index (χ4v) is 4.93. The van der Waals surface area contributed by atoms with Crippen LogP contribution in [0, 0.1) is 0 Å². The molecule has 0 aliphatic carbocycles. The van der Waals surface area contributed by atoms with Crippen LogP contribution in [-0.2, 0) is 17.8 Å². The number of fused-ring (bicyclic) bond motifs is 4. The van der Waals surface area contributed by atoms with Crippen molar-refractivity contribution in [3.05, 3.63) is 89.1 Å². The highest BCUT2D eigenvalue weighted by molar-refractivity contribution is 6.12. The maximum absolute atomic E-state index is 13.9. The number of phenols is 1. The lowest BCUT2D eigenvalue weighted by Crippen LogP contribution is -2.28. The van der Waals surface area contributed by atoms with E-state index in [4.69, 9.17) is 9.47 Å². The molecule has 0 saturated carbocycles. The molecule has 2 aliphatic heterocycles. The molecule has 0 fully saturated rings. The van der Waals surface area contributed by atoms with E-state index in [-0.39, 0.29) is 11.7 Å². The lowest BCUT2D eigenvalue weighted by molar-refractivity contribution is -0.118. The molecule has 1 aromatic heterocycles. The van der Waals surface area contributed by atoms with Crippen LogP contribution in [0.25, 0.3) is 10.9 Å². The van der Waals surface area contributed by atoms with Gasteiger partial charge in [0.05, 0.1) is 31.7 Å².